The summed E-state index contributed by atoms with van der Waals surface area (Å²) < 4.78 is 51.0. The lowest BCUT2D eigenvalue weighted by Crippen LogP contribution is -2.11. The van der Waals surface area contributed by atoms with Crippen LogP contribution < -0.4 is 0 Å². The van der Waals surface area contributed by atoms with Crippen molar-refractivity contribution in [2.45, 2.75) is 26.2 Å². The molecule has 79 heavy (non-hydrogen) atoms. The van der Waals surface area contributed by atoms with Gasteiger partial charge >= 0.3 is 0 Å². The van der Waals surface area contributed by atoms with E-state index in [1.54, 1.807) is 0 Å². The van der Waals surface area contributed by atoms with Crippen molar-refractivity contribution in [3.05, 3.63) is 260 Å². The Balaban J connectivity index is 0.847. The van der Waals surface area contributed by atoms with E-state index in [2.05, 4.69) is 189 Å². The van der Waals surface area contributed by atoms with Crippen LogP contribution in [0, 0.1) is 0 Å². The molecular formula is C72H51N7. The molecule has 0 amide bonds. The van der Waals surface area contributed by atoms with Crippen LogP contribution in [0.15, 0.2) is 255 Å². The largest absolute Gasteiger partial charge is 0.309 e. The Morgan fingerprint density at radius 1 is 0.266 bits per heavy atom. The summed E-state index contributed by atoms with van der Waals surface area (Å²) in [5, 5.41) is 16.6. The van der Waals surface area contributed by atoms with Crippen LogP contribution in [0.2, 0.25) is 0 Å². The molecule has 0 aliphatic carbocycles. The van der Waals surface area contributed by atoms with E-state index in [4.69, 9.17) is 10.2 Å². The van der Waals surface area contributed by atoms with Gasteiger partial charge in [0, 0.05) is 82.7 Å². The molecule has 7 nitrogen and oxygen atoms in total. The van der Waals surface area contributed by atoms with E-state index in [0.717, 1.165) is 116 Å². The highest BCUT2D eigenvalue weighted by Gasteiger charge is 2.23. The van der Waals surface area contributed by atoms with Crippen molar-refractivity contribution >= 4 is 87.2 Å². The van der Waals surface area contributed by atoms with Crippen LogP contribution in [0.4, 0.5) is 0 Å². The molecule has 0 saturated carbocycles. The zero-order chi connectivity index (χ0) is 56.0. The van der Waals surface area contributed by atoms with Gasteiger partial charge in [-0.1, -0.05) is 142 Å². The fourth-order valence-corrected chi connectivity index (χ4v) is 12.2. The Morgan fingerprint density at radius 3 is 0.848 bits per heavy atom. The summed E-state index contributed by atoms with van der Waals surface area (Å²) in [6, 6.07) is 79.8. The maximum atomic E-state index is 10.1. The third-order valence-corrected chi connectivity index (χ3v) is 15.9. The highest BCUT2D eigenvalue weighted by atomic mass is 15.3. The first kappa shape index (κ1) is 41.0. The van der Waals surface area contributed by atoms with Gasteiger partial charge in [-0.3, -0.25) is 4.57 Å². The number of hydrogen-bond donors (Lipinski definition) is 0. The van der Waals surface area contributed by atoms with Crippen LogP contribution >= 0.6 is 0 Å². The molecule has 16 rings (SSSR count). The number of benzene rings is 11. The number of fused-ring (bicyclic) bond motifs is 12. The van der Waals surface area contributed by atoms with Crippen LogP contribution in [0.3, 0.4) is 0 Å². The van der Waals surface area contributed by atoms with E-state index in [1.165, 1.54) is 5.56 Å². The molecule has 0 bridgehead atoms. The lowest BCUT2D eigenvalue weighted by Gasteiger charge is -2.20. The van der Waals surface area contributed by atoms with Crippen molar-refractivity contribution in [2.75, 3.05) is 0 Å². The predicted octanol–water partition coefficient (Wildman–Crippen LogP) is 18.3. The topological polar surface area (TPSA) is 50.4 Å². The van der Waals surface area contributed by atoms with Crippen LogP contribution in [0.1, 0.15) is 31.8 Å². The second-order valence-electron chi connectivity index (χ2n) is 21.5. The van der Waals surface area contributed by atoms with Crippen molar-refractivity contribution in [3.8, 4) is 51.2 Å². The zero-order valence-electron chi connectivity index (χ0n) is 47.6. The summed E-state index contributed by atoms with van der Waals surface area (Å²) in [6.07, 6.45) is 0. The van der Waals surface area contributed by atoms with E-state index in [0.29, 0.717) is 46.9 Å². The van der Waals surface area contributed by atoms with Gasteiger partial charge in [0.2, 0.25) is 0 Å². The molecule has 0 radical (unpaired) electrons. The molecule has 0 fully saturated rings. The third-order valence-electron chi connectivity index (χ3n) is 15.9. The molecule has 0 unspecified atom stereocenters. The van der Waals surface area contributed by atoms with Crippen molar-refractivity contribution in [1.29, 1.82) is 0 Å². The summed E-state index contributed by atoms with van der Waals surface area (Å²) in [7, 11) is 0. The molecule has 5 aromatic heterocycles. The van der Waals surface area contributed by atoms with Crippen molar-refractivity contribution in [3.63, 3.8) is 0 Å². The number of hydrogen-bond acceptors (Lipinski definition) is 2. The fraction of sp³-hybridized carbons (Fsp3) is 0.0556. The quantitative estimate of drug-likeness (QED) is 0.160. The second-order valence-corrected chi connectivity index (χ2v) is 21.5. The van der Waals surface area contributed by atoms with E-state index in [-0.39, 0.29) is 5.41 Å². The molecule has 374 valence electrons. The van der Waals surface area contributed by atoms with E-state index >= 15 is 0 Å². The Kier molecular flexibility index (Phi) is 8.89. The molecule has 11 aromatic carbocycles. The van der Waals surface area contributed by atoms with Gasteiger partial charge in [-0.25, -0.2) is 0 Å². The summed E-state index contributed by atoms with van der Waals surface area (Å²) in [4.78, 5) is 0. The van der Waals surface area contributed by atoms with Crippen LogP contribution in [0.5, 0.6) is 0 Å². The standard InChI is InChI=1S/C72H51N7/c1-72(2,3)48-34-40-53(41-35-48)79-70(46-30-36-51(37-31-46)77-64-28-16-12-24-56(64)60-42-66-58(44-68(60)77)54-22-10-14-26-62(54)75(66)49-18-6-4-7-19-49)73-74-71(79)47-32-38-52(39-33-47)78-65-29-17-13-25-57(65)61-43-67-59(45-69(61)78)55-23-11-15-27-63(55)76(67)50-20-8-5-9-21-50/h4-45H,1-3H3/i42D,43D,44D,45D. The van der Waals surface area contributed by atoms with Crippen LogP contribution in [-0.4, -0.2) is 33.0 Å². The monoisotopic (exact) mass is 1020 g/mol. The van der Waals surface area contributed by atoms with Gasteiger partial charge in [0.25, 0.3) is 0 Å². The van der Waals surface area contributed by atoms with E-state index in [1.807, 2.05) is 84.9 Å². The summed E-state index contributed by atoms with van der Waals surface area (Å²) in [6.45, 7) is 6.65. The molecule has 0 spiro atoms. The molecule has 0 aliphatic rings. The summed E-state index contributed by atoms with van der Waals surface area (Å²) >= 11 is 0. The van der Waals surface area contributed by atoms with Gasteiger partial charge in [-0.05, 0) is 144 Å². The number of nitrogens with zero attached hydrogens (tertiary/aromatic N) is 7. The maximum absolute atomic E-state index is 10.1. The van der Waals surface area contributed by atoms with Crippen LogP contribution in [0.25, 0.3) is 138 Å². The van der Waals surface area contributed by atoms with Gasteiger partial charge in [-0.15, -0.1) is 10.2 Å². The van der Waals surface area contributed by atoms with Gasteiger partial charge in [-0.2, -0.15) is 0 Å². The molecule has 16 aromatic rings. The van der Waals surface area contributed by atoms with Gasteiger partial charge < -0.3 is 18.3 Å². The molecule has 0 atom stereocenters. The first-order valence-corrected chi connectivity index (χ1v) is 26.8. The molecule has 7 heteroatoms. The molecule has 0 saturated heterocycles. The Bertz CT molecular complexity index is 5010. The van der Waals surface area contributed by atoms with E-state index in [9.17, 15) is 5.48 Å². The Morgan fingerprint density at radius 2 is 0.532 bits per heavy atom. The maximum Gasteiger partial charge on any atom is 0.168 e. The number of para-hydroxylation sites is 6. The first-order chi connectivity index (χ1) is 40.5. The zero-order valence-corrected chi connectivity index (χ0v) is 43.6. The predicted molar refractivity (Wildman–Crippen MR) is 328 cm³/mol. The highest BCUT2D eigenvalue weighted by molar-refractivity contribution is 6.20. The van der Waals surface area contributed by atoms with Crippen LogP contribution in [-0.2, 0) is 5.41 Å². The fourth-order valence-electron chi connectivity index (χ4n) is 12.2. The van der Waals surface area contributed by atoms with Gasteiger partial charge in [0.15, 0.2) is 11.6 Å². The van der Waals surface area contributed by atoms with Crippen molar-refractivity contribution in [1.82, 2.24) is 33.0 Å². The van der Waals surface area contributed by atoms with Crippen molar-refractivity contribution < 1.29 is 5.48 Å². The summed E-state index contributed by atoms with van der Waals surface area (Å²) in [5.74, 6) is 1.32. The Labute approximate surface area is 461 Å². The second kappa shape index (κ2) is 17.1. The van der Waals surface area contributed by atoms with Gasteiger partial charge in [0.05, 0.1) is 49.6 Å². The molecular weight excluding hydrogens is 963 g/mol. The van der Waals surface area contributed by atoms with E-state index < -0.39 is 0 Å². The lowest BCUT2D eigenvalue weighted by atomic mass is 9.87. The summed E-state index contributed by atoms with van der Waals surface area (Å²) in [5.41, 5.74) is 13.9. The minimum absolute atomic E-state index is 0.0581. The minimum Gasteiger partial charge on any atom is -0.309 e. The average molecular weight is 1020 g/mol. The molecule has 0 aliphatic heterocycles. The molecule has 5 heterocycles. The highest BCUT2D eigenvalue weighted by Crippen LogP contribution is 2.43. The average Bonchev–Trinajstić information content (AvgIpc) is 3.77. The third kappa shape index (κ3) is 6.85. The Hall–Kier alpha value is -10.2. The van der Waals surface area contributed by atoms with Crippen molar-refractivity contribution in [2.24, 2.45) is 0 Å². The van der Waals surface area contributed by atoms with Gasteiger partial charge in [0.1, 0.15) is 0 Å². The SMILES string of the molecule is [2H]c1c2c3ccccc3n(-c3ccc(-c4nnc(-c5ccc(-n6c7ccccc7c7c([2H])c8c(c([2H])c76)c6ccccc6n8-c6ccccc6)cc5)n4-c4ccc(C(C)(C)C)cc4)cc3)c2c([2H])c2c3ccccc3n(-c3ccccc3)c12. The lowest BCUT2D eigenvalue weighted by molar-refractivity contribution is 0.590. The smallest absolute Gasteiger partial charge is 0.168 e. The number of aromatic nitrogens is 7. The number of rotatable bonds is 7. The first-order valence-electron chi connectivity index (χ1n) is 28.8. The molecule has 0 N–H and O–H groups in total. The normalized spacial score (nSPS) is 12.9. The minimum atomic E-state index is -0.0581.